The van der Waals surface area contributed by atoms with Crippen LogP contribution in [0.5, 0.6) is 0 Å². The van der Waals surface area contributed by atoms with Crippen LogP contribution < -0.4 is 0 Å². The number of hydrogen-bond acceptors (Lipinski definition) is 4. The number of rotatable bonds is 9. The maximum absolute atomic E-state index is 5.99. The summed E-state index contributed by atoms with van der Waals surface area (Å²) in [7, 11) is 1.75. The van der Waals surface area contributed by atoms with Crippen molar-refractivity contribution in [2.45, 2.75) is 89.1 Å². The van der Waals surface area contributed by atoms with Crippen LogP contribution in [0.1, 0.15) is 64.7 Å². The van der Waals surface area contributed by atoms with Gasteiger partial charge < -0.3 is 18.9 Å². The molecule has 4 heteroatoms. The number of ether oxygens (including phenoxy) is 4. The number of methoxy groups -OCH3 is 1. The standard InChI is InChI=1S/C20H36O4/c1-15(21-2)12-22-18-7-3-16(4-8-18)11-17-5-9-19(10-6-17)23-13-20-14-24-20/h15-20H,3-14H2,1-2H3. The average Bonchev–Trinajstić information content (AvgIpc) is 3.45. The second-order valence-corrected chi connectivity index (χ2v) is 8.19. The Morgan fingerprint density at radius 3 is 1.92 bits per heavy atom. The summed E-state index contributed by atoms with van der Waals surface area (Å²) < 4.78 is 22.4. The zero-order valence-electron chi connectivity index (χ0n) is 15.6. The topological polar surface area (TPSA) is 40.2 Å². The van der Waals surface area contributed by atoms with E-state index in [-0.39, 0.29) is 6.10 Å². The Labute approximate surface area is 147 Å². The first kappa shape index (κ1) is 18.6. The summed E-state index contributed by atoms with van der Waals surface area (Å²) in [5, 5.41) is 0. The van der Waals surface area contributed by atoms with E-state index in [0.717, 1.165) is 31.7 Å². The summed E-state index contributed by atoms with van der Waals surface area (Å²) in [6.07, 6.45) is 13.4. The highest BCUT2D eigenvalue weighted by atomic mass is 16.6. The minimum Gasteiger partial charge on any atom is -0.379 e. The molecule has 1 saturated heterocycles. The Kier molecular flexibility index (Phi) is 7.38. The van der Waals surface area contributed by atoms with Crippen LogP contribution in [0, 0.1) is 11.8 Å². The van der Waals surface area contributed by atoms with Crippen molar-refractivity contribution in [3.63, 3.8) is 0 Å². The van der Waals surface area contributed by atoms with Crippen LogP contribution in [-0.4, -0.2) is 51.3 Å². The van der Waals surface area contributed by atoms with Crippen molar-refractivity contribution in [2.24, 2.45) is 11.8 Å². The lowest BCUT2D eigenvalue weighted by Crippen LogP contribution is -2.28. The molecule has 2 unspecified atom stereocenters. The maximum atomic E-state index is 5.99. The van der Waals surface area contributed by atoms with Gasteiger partial charge in [-0.15, -0.1) is 0 Å². The lowest BCUT2D eigenvalue weighted by Gasteiger charge is -2.34. The van der Waals surface area contributed by atoms with Gasteiger partial charge in [-0.1, -0.05) is 0 Å². The van der Waals surface area contributed by atoms with E-state index in [1.165, 1.54) is 57.8 Å². The molecule has 4 nitrogen and oxygen atoms in total. The van der Waals surface area contributed by atoms with Crippen LogP contribution in [0.15, 0.2) is 0 Å². The second-order valence-electron chi connectivity index (χ2n) is 8.19. The lowest BCUT2D eigenvalue weighted by atomic mass is 9.76. The Balaban J connectivity index is 1.25. The van der Waals surface area contributed by atoms with E-state index in [0.29, 0.717) is 18.3 Å². The molecule has 0 spiro atoms. The van der Waals surface area contributed by atoms with Gasteiger partial charge in [-0.3, -0.25) is 0 Å². The molecule has 0 bridgehead atoms. The van der Waals surface area contributed by atoms with Gasteiger partial charge in [0.05, 0.1) is 38.1 Å². The number of hydrogen-bond donors (Lipinski definition) is 0. The van der Waals surface area contributed by atoms with Crippen molar-refractivity contribution in [1.82, 2.24) is 0 Å². The van der Waals surface area contributed by atoms with E-state index in [2.05, 4.69) is 6.92 Å². The van der Waals surface area contributed by atoms with Crippen LogP contribution >= 0.6 is 0 Å². The fourth-order valence-corrected chi connectivity index (χ4v) is 4.29. The summed E-state index contributed by atoms with van der Waals surface area (Å²) in [5.41, 5.74) is 0. The zero-order valence-corrected chi connectivity index (χ0v) is 15.6. The van der Waals surface area contributed by atoms with Crippen molar-refractivity contribution in [3.05, 3.63) is 0 Å². The van der Waals surface area contributed by atoms with Gasteiger partial charge in [0.15, 0.2) is 0 Å². The molecule has 2 aliphatic carbocycles. The minimum absolute atomic E-state index is 0.214. The smallest absolute Gasteiger partial charge is 0.104 e. The predicted octanol–water partition coefficient (Wildman–Crippen LogP) is 3.96. The summed E-state index contributed by atoms with van der Waals surface area (Å²) in [5.74, 6) is 1.85. The molecule has 2 saturated carbocycles. The van der Waals surface area contributed by atoms with Crippen LogP contribution in [-0.2, 0) is 18.9 Å². The highest BCUT2D eigenvalue weighted by Gasteiger charge is 2.29. The molecular weight excluding hydrogens is 304 g/mol. The first-order chi connectivity index (χ1) is 11.7. The quantitative estimate of drug-likeness (QED) is 0.596. The van der Waals surface area contributed by atoms with Gasteiger partial charge in [0.2, 0.25) is 0 Å². The Morgan fingerprint density at radius 2 is 1.42 bits per heavy atom. The van der Waals surface area contributed by atoms with Gasteiger partial charge in [-0.05, 0) is 76.5 Å². The molecule has 0 aromatic heterocycles. The van der Waals surface area contributed by atoms with Crippen LogP contribution in [0.25, 0.3) is 0 Å². The van der Waals surface area contributed by atoms with E-state index >= 15 is 0 Å². The van der Waals surface area contributed by atoms with Gasteiger partial charge in [0.25, 0.3) is 0 Å². The molecule has 3 rings (SSSR count). The maximum Gasteiger partial charge on any atom is 0.104 e. The molecule has 1 aliphatic heterocycles. The summed E-state index contributed by atoms with van der Waals surface area (Å²) in [6, 6.07) is 0. The molecule has 0 radical (unpaired) electrons. The summed E-state index contributed by atoms with van der Waals surface area (Å²) in [6.45, 7) is 4.54. The van der Waals surface area contributed by atoms with E-state index in [1.54, 1.807) is 7.11 Å². The molecule has 2 atom stereocenters. The Morgan fingerprint density at radius 1 is 0.875 bits per heavy atom. The minimum atomic E-state index is 0.214. The zero-order chi connectivity index (χ0) is 16.8. The first-order valence-electron chi connectivity index (χ1n) is 10.1. The van der Waals surface area contributed by atoms with E-state index < -0.39 is 0 Å². The lowest BCUT2D eigenvalue weighted by molar-refractivity contribution is -0.0392. The molecule has 3 fully saturated rings. The average molecular weight is 341 g/mol. The van der Waals surface area contributed by atoms with Gasteiger partial charge in [0, 0.05) is 7.11 Å². The number of epoxide rings is 1. The van der Waals surface area contributed by atoms with Crippen molar-refractivity contribution in [1.29, 1.82) is 0 Å². The molecule has 1 heterocycles. The molecule has 140 valence electrons. The molecule has 0 N–H and O–H groups in total. The molecular formula is C20H36O4. The van der Waals surface area contributed by atoms with Gasteiger partial charge in [-0.2, -0.15) is 0 Å². The third kappa shape index (κ3) is 6.29. The highest BCUT2D eigenvalue weighted by molar-refractivity contribution is 4.80. The summed E-state index contributed by atoms with van der Waals surface area (Å²) in [4.78, 5) is 0. The van der Waals surface area contributed by atoms with E-state index in [4.69, 9.17) is 18.9 Å². The first-order valence-corrected chi connectivity index (χ1v) is 10.1. The van der Waals surface area contributed by atoms with E-state index in [1.807, 2.05) is 0 Å². The molecule has 3 aliphatic rings. The molecule has 24 heavy (non-hydrogen) atoms. The van der Waals surface area contributed by atoms with Crippen molar-refractivity contribution >= 4 is 0 Å². The van der Waals surface area contributed by atoms with E-state index in [9.17, 15) is 0 Å². The van der Waals surface area contributed by atoms with Gasteiger partial charge in [-0.25, -0.2) is 0 Å². The largest absolute Gasteiger partial charge is 0.379 e. The molecule has 0 aromatic rings. The third-order valence-electron chi connectivity index (χ3n) is 6.14. The normalized spacial score (nSPS) is 38.0. The van der Waals surface area contributed by atoms with Crippen molar-refractivity contribution < 1.29 is 18.9 Å². The van der Waals surface area contributed by atoms with Crippen molar-refractivity contribution in [2.75, 3.05) is 26.9 Å². The van der Waals surface area contributed by atoms with Crippen molar-refractivity contribution in [3.8, 4) is 0 Å². The molecule has 0 amide bonds. The fraction of sp³-hybridized carbons (Fsp3) is 1.00. The fourth-order valence-electron chi connectivity index (χ4n) is 4.29. The SMILES string of the molecule is COC(C)COC1CCC(CC2CCC(OCC3CO3)CC2)CC1. The Hall–Kier alpha value is -0.160. The van der Waals surface area contributed by atoms with Crippen LogP contribution in [0.3, 0.4) is 0 Å². The van der Waals surface area contributed by atoms with Crippen LogP contribution in [0.4, 0.5) is 0 Å². The Bertz CT molecular complexity index is 342. The van der Waals surface area contributed by atoms with Crippen LogP contribution in [0.2, 0.25) is 0 Å². The molecule has 0 aromatic carbocycles. The second kappa shape index (κ2) is 9.51. The van der Waals surface area contributed by atoms with Gasteiger partial charge >= 0.3 is 0 Å². The van der Waals surface area contributed by atoms with Gasteiger partial charge in [0.1, 0.15) is 6.10 Å². The third-order valence-corrected chi connectivity index (χ3v) is 6.14. The predicted molar refractivity (Wildman–Crippen MR) is 94.2 cm³/mol. The highest BCUT2D eigenvalue weighted by Crippen LogP contribution is 2.36. The monoisotopic (exact) mass is 340 g/mol. The summed E-state index contributed by atoms with van der Waals surface area (Å²) >= 11 is 0.